The van der Waals surface area contributed by atoms with Crippen LogP contribution in [0.5, 0.6) is 17.2 Å². The Hall–Kier alpha value is -4.20. The van der Waals surface area contributed by atoms with E-state index in [-0.39, 0.29) is 24.0 Å². The summed E-state index contributed by atoms with van der Waals surface area (Å²) in [5.41, 5.74) is 2.03. The summed E-state index contributed by atoms with van der Waals surface area (Å²) in [6.07, 6.45) is 4.15. The number of furan rings is 1. The Kier molecular flexibility index (Phi) is 7.63. The van der Waals surface area contributed by atoms with Gasteiger partial charge in [-0.1, -0.05) is 19.4 Å². The number of carbonyl (C=O) groups excluding carboxylic acids is 2. The first kappa shape index (κ1) is 26.4. The predicted molar refractivity (Wildman–Crippen MR) is 145 cm³/mol. The number of nitrogens with zero attached hydrogens (tertiary/aromatic N) is 1. The molecule has 3 heterocycles. The van der Waals surface area contributed by atoms with E-state index in [1.807, 2.05) is 19.9 Å². The first-order valence-corrected chi connectivity index (χ1v) is 13.4. The van der Waals surface area contributed by atoms with Crippen LogP contribution in [-0.2, 0) is 22.6 Å². The molecular weight excluding hydrogens is 498 g/mol. The maximum atomic E-state index is 13.5. The van der Waals surface area contributed by atoms with Gasteiger partial charge >= 0.3 is 0 Å². The van der Waals surface area contributed by atoms with Gasteiger partial charge in [-0.3, -0.25) is 9.59 Å². The van der Waals surface area contributed by atoms with Crippen LogP contribution in [0.3, 0.4) is 0 Å². The lowest BCUT2D eigenvalue weighted by Crippen LogP contribution is -2.29. The third kappa shape index (κ3) is 5.24. The summed E-state index contributed by atoms with van der Waals surface area (Å²) in [6, 6.07) is 13.3. The zero-order chi connectivity index (χ0) is 27.5. The van der Waals surface area contributed by atoms with Gasteiger partial charge in [-0.05, 0) is 73.9 Å². The highest BCUT2D eigenvalue weighted by atomic mass is 16.5. The first-order chi connectivity index (χ1) is 18.9. The molecule has 1 fully saturated rings. The summed E-state index contributed by atoms with van der Waals surface area (Å²) in [5.74, 6) is 0.684. The largest absolute Gasteiger partial charge is 0.507 e. The second kappa shape index (κ2) is 11.3. The summed E-state index contributed by atoms with van der Waals surface area (Å²) in [6.45, 7) is 6.97. The highest BCUT2D eigenvalue weighted by Gasteiger charge is 2.46. The number of hydrogen-bond acceptors (Lipinski definition) is 7. The normalized spacial score (nSPS) is 19.7. The minimum Gasteiger partial charge on any atom is -0.507 e. The van der Waals surface area contributed by atoms with Gasteiger partial charge in [0.25, 0.3) is 11.7 Å². The molecule has 3 aromatic rings. The van der Waals surface area contributed by atoms with Crippen molar-refractivity contribution in [3.05, 3.63) is 82.8 Å². The molecule has 2 atom stereocenters. The van der Waals surface area contributed by atoms with E-state index in [4.69, 9.17) is 18.6 Å². The minimum absolute atomic E-state index is 0.0144. The van der Waals surface area contributed by atoms with Gasteiger partial charge in [-0.2, -0.15) is 0 Å². The average Bonchev–Trinajstić information content (AvgIpc) is 3.63. The van der Waals surface area contributed by atoms with E-state index in [0.717, 1.165) is 24.2 Å². The fourth-order valence-corrected chi connectivity index (χ4v) is 5.09. The molecule has 1 amide bonds. The molecule has 2 aliphatic rings. The van der Waals surface area contributed by atoms with Crippen molar-refractivity contribution in [3.8, 4) is 17.2 Å². The lowest BCUT2D eigenvalue weighted by atomic mass is 9.94. The molecule has 0 spiro atoms. The van der Waals surface area contributed by atoms with Gasteiger partial charge in [-0.15, -0.1) is 0 Å². The number of ether oxygens (including phenoxy) is 3. The molecule has 0 unspecified atom stereocenters. The van der Waals surface area contributed by atoms with Crippen LogP contribution in [0.4, 0.5) is 0 Å². The first-order valence-electron chi connectivity index (χ1n) is 13.4. The predicted octanol–water partition coefficient (Wildman–Crippen LogP) is 5.80. The van der Waals surface area contributed by atoms with E-state index in [1.54, 1.807) is 42.5 Å². The summed E-state index contributed by atoms with van der Waals surface area (Å²) < 4.78 is 23.1. The molecule has 0 saturated carbocycles. The quantitative estimate of drug-likeness (QED) is 0.153. The van der Waals surface area contributed by atoms with Crippen molar-refractivity contribution < 1.29 is 33.3 Å². The van der Waals surface area contributed by atoms with Crippen LogP contribution in [0, 0.1) is 0 Å². The molecule has 2 aromatic carbocycles. The fourth-order valence-electron chi connectivity index (χ4n) is 5.09. The van der Waals surface area contributed by atoms with Gasteiger partial charge in [0, 0.05) is 12.0 Å². The number of likely N-dealkylation sites (tertiary alicyclic amines) is 1. The Labute approximate surface area is 227 Å². The molecule has 0 bridgehead atoms. The van der Waals surface area contributed by atoms with Crippen LogP contribution in [0.15, 0.2) is 64.8 Å². The maximum absolute atomic E-state index is 13.5. The molecule has 8 heteroatoms. The number of unbranched alkanes of at least 4 members (excludes halogenated alkanes) is 1. The molecule has 1 aromatic heterocycles. The Morgan fingerprint density at radius 1 is 1.08 bits per heavy atom. The van der Waals surface area contributed by atoms with E-state index in [2.05, 4.69) is 6.92 Å². The molecular formula is C31H33NO7. The Morgan fingerprint density at radius 2 is 1.92 bits per heavy atom. The van der Waals surface area contributed by atoms with Crippen molar-refractivity contribution in [1.82, 2.24) is 4.90 Å². The van der Waals surface area contributed by atoms with E-state index >= 15 is 0 Å². The number of aliphatic hydroxyl groups is 1. The van der Waals surface area contributed by atoms with E-state index in [0.29, 0.717) is 48.0 Å². The van der Waals surface area contributed by atoms with Crippen LogP contribution in [0.25, 0.3) is 5.76 Å². The summed E-state index contributed by atoms with van der Waals surface area (Å²) >= 11 is 0. The van der Waals surface area contributed by atoms with Crippen LogP contribution in [-0.4, -0.2) is 41.0 Å². The molecule has 1 saturated heterocycles. The monoisotopic (exact) mass is 531 g/mol. The highest BCUT2D eigenvalue weighted by molar-refractivity contribution is 6.46. The summed E-state index contributed by atoms with van der Waals surface area (Å²) in [7, 11) is 0. The molecule has 8 nitrogen and oxygen atoms in total. The third-order valence-electron chi connectivity index (χ3n) is 6.95. The van der Waals surface area contributed by atoms with Crippen molar-refractivity contribution in [1.29, 1.82) is 0 Å². The van der Waals surface area contributed by atoms with Gasteiger partial charge in [0.05, 0.1) is 37.6 Å². The molecule has 5 rings (SSSR count). The number of carbonyl (C=O) groups is 2. The second-order valence-electron chi connectivity index (χ2n) is 9.80. The highest BCUT2D eigenvalue weighted by Crippen LogP contribution is 2.43. The van der Waals surface area contributed by atoms with Gasteiger partial charge in [0.2, 0.25) is 0 Å². The fraction of sp³-hybridized carbons (Fsp3) is 0.355. The standard InChI is InChI=1S/C31H33NO7/c1-4-6-13-38-25-12-9-20(17-26(25)36-5-2)28-27(30(34)31(35)32(28)18-23-8-7-14-37-23)29(33)21-10-11-24-22(16-21)15-19(3)39-24/h7-12,14,16-17,19,28,33H,4-6,13,15,18H2,1-3H3/b29-27+/t19-,28-/m1/s1. The smallest absolute Gasteiger partial charge is 0.296 e. The van der Waals surface area contributed by atoms with Crippen molar-refractivity contribution in [2.75, 3.05) is 13.2 Å². The molecule has 0 radical (unpaired) electrons. The van der Waals surface area contributed by atoms with Crippen LogP contribution in [0.2, 0.25) is 0 Å². The molecule has 204 valence electrons. The SMILES string of the molecule is CCCCOc1ccc([C@@H]2/C(=C(\O)c3ccc4c(c3)C[C@@H](C)O4)C(=O)C(=O)N2Cc2ccco2)cc1OCC. The topological polar surface area (TPSA) is 98.4 Å². The molecule has 2 aliphatic heterocycles. The summed E-state index contributed by atoms with van der Waals surface area (Å²) in [4.78, 5) is 28.2. The van der Waals surface area contributed by atoms with E-state index in [1.165, 1.54) is 11.2 Å². The number of Topliss-reactive ketones (excluding diaryl/α,β-unsaturated/α-hetero) is 1. The minimum atomic E-state index is -0.859. The second-order valence-corrected chi connectivity index (χ2v) is 9.80. The number of amides is 1. The van der Waals surface area contributed by atoms with Crippen LogP contribution < -0.4 is 14.2 Å². The third-order valence-corrected chi connectivity index (χ3v) is 6.95. The zero-order valence-corrected chi connectivity index (χ0v) is 22.4. The Balaban J connectivity index is 1.60. The maximum Gasteiger partial charge on any atom is 0.296 e. The van der Waals surface area contributed by atoms with E-state index < -0.39 is 17.7 Å². The van der Waals surface area contributed by atoms with Crippen LogP contribution in [0.1, 0.15) is 62.1 Å². The Morgan fingerprint density at radius 3 is 2.67 bits per heavy atom. The van der Waals surface area contributed by atoms with Gasteiger partial charge in [-0.25, -0.2) is 0 Å². The number of rotatable bonds is 10. The number of fused-ring (bicyclic) bond motifs is 1. The summed E-state index contributed by atoms with van der Waals surface area (Å²) in [5, 5.41) is 11.5. The van der Waals surface area contributed by atoms with Crippen molar-refractivity contribution >= 4 is 17.4 Å². The van der Waals surface area contributed by atoms with Crippen LogP contribution >= 0.6 is 0 Å². The number of ketones is 1. The zero-order valence-electron chi connectivity index (χ0n) is 22.4. The van der Waals surface area contributed by atoms with Gasteiger partial charge in [0.1, 0.15) is 23.4 Å². The lowest BCUT2D eigenvalue weighted by molar-refractivity contribution is -0.140. The average molecular weight is 532 g/mol. The molecule has 1 N–H and O–H groups in total. The molecule has 0 aliphatic carbocycles. The number of aliphatic hydroxyl groups excluding tert-OH is 1. The van der Waals surface area contributed by atoms with E-state index in [9.17, 15) is 14.7 Å². The molecule has 39 heavy (non-hydrogen) atoms. The van der Waals surface area contributed by atoms with Gasteiger partial charge < -0.3 is 28.6 Å². The van der Waals surface area contributed by atoms with Crippen molar-refractivity contribution in [2.45, 2.75) is 58.7 Å². The lowest BCUT2D eigenvalue weighted by Gasteiger charge is -2.25. The van der Waals surface area contributed by atoms with Gasteiger partial charge in [0.15, 0.2) is 11.5 Å². The van der Waals surface area contributed by atoms with Crippen molar-refractivity contribution in [3.63, 3.8) is 0 Å². The van der Waals surface area contributed by atoms with Crippen molar-refractivity contribution in [2.24, 2.45) is 0 Å². The Bertz CT molecular complexity index is 1390. The number of hydrogen-bond donors (Lipinski definition) is 1. The number of benzene rings is 2.